The molecule has 1 aromatic heterocycles. The number of rotatable bonds is 2. The Bertz CT molecular complexity index is 881. The van der Waals surface area contributed by atoms with Crippen molar-refractivity contribution in [3.63, 3.8) is 0 Å². The molecule has 2 aromatic carbocycles. The molecule has 0 unspecified atom stereocenters. The molecule has 0 spiro atoms. The quantitative estimate of drug-likeness (QED) is 0.639. The number of para-hydroxylation sites is 1. The number of aromatic nitrogens is 2. The molecule has 8 heteroatoms. The lowest BCUT2D eigenvalue weighted by Crippen LogP contribution is -2.12. The van der Waals surface area contributed by atoms with Crippen molar-refractivity contribution in [2.75, 3.05) is 5.32 Å². The van der Waals surface area contributed by atoms with Crippen molar-refractivity contribution in [3.05, 3.63) is 58.3 Å². The highest BCUT2D eigenvalue weighted by atomic mass is 35.5. The summed E-state index contributed by atoms with van der Waals surface area (Å²) in [5.74, 6) is -1.20. The molecule has 118 valence electrons. The summed E-state index contributed by atoms with van der Waals surface area (Å²) in [5, 5.41) is 3.96. The van der Waals surface area contributed by atoms with Crippen LogP contribution in [0.4, 0.5) is 24.7 Å². The molecule has 0 saturated heterocycles. The fourth-order valence-electron chi connectivity index (χ4n) is 2.02. The van der Waals surface area contributed by atoms with Gasteiger partial charge < -0.3 is 5.32 Å². The summed E-state index contributed by atoms with van der Waals surface area (Å²) >= 11 is 11.9. The van der Waals surface area contributed by atoms with Gasteiger partial charge in [-0.1, -0.05) is 35.3 Å². The van der Waals surface area contributed by atoms with E-state index in [2.05, 4.69) is 15.3 Å². The molecule has 0 atom stereocenters. The molecule has 0 aliphatic rings. The van der Waals surface area contributed by atoms with E-state index in [9.17, 15) is 13.2 Å². The molecule has 23 heavy (non-hydrogen) atoms. The van der Waals surface area contributed by atoms with E-state index in [1.165, 1.54) is 12.1 Å². The van der Waals surface area contributed by atoms with Crippen LogP contribution in [-0.4, -0.2) is 9.97 Å². The van der Waals surface area contributed by atoms with Crippen LogP contribution in [0.3, 0.4) is 0 Å². The second-order valence-corrected chi connectivity index (χ2v) is 5.50. The minimum Gasteiger partial charge on any atom is -0.338 e. The third kappa shape index (κ3) is 3.33. The highest BCUT2D eigenvalue weighted by Crippen LogP contribution is 2.33. The van der Waals surface area contributed by atoms with E-state index in [4.69, 9.17) is 23.2 Å². The number of anilines is 2. The van der Waals surface area contributed by atoms with Crippen LogP contribution in [0.15, 0.2) is 42.5 Å². The first kappa shape index (κ1) is 15.8. The van der Waals surface area contributed by atoms with Crippen LogP contribution >= 0.6 is 23.2 Å². The summed E-state index contributed by atoms with van der Waals surface area (Å²) < 4.78 is 38.9. The van der Waals surface area contributed by atoms with E-state index < -0.39 is 12.0 Å². The van der Waals surface area contributed by atoms with Crippen molar-refractivity contribution < 1.29 is 13.2 Å². The Morgan fingerprint density at radius 3 is 2.39 bits per heavy atom. The zero-order chi connectivity index (χ0) is 16.6. The van der Waals surface area contributed by atoms with Gasteiger partial charge in [-0.15, -0.1) is 0 Å². The maximum absolute atomic E-state index is 13.0. The molecule has 0 fully saturated rings. The number of alkyl halides is 3. The minimum absolute atomic E-state index is 0.0205. The van der Waals surface area contributed by atoms with Crippen LogP contribution in [0.25, 0.3) is 10.9 Å². The molecule has 0 saturated carbocycles. The molecule has 0 aliphatic carbocycles. The fourth-order valence-corrected chi connectivity index (χ4v) is 2.47. The normalized spacial score (nSPS) is 11.7. The van der Waals surface area contributed by atoms with Gasteiger partial charge in [0.15, 0.2) is 0 Å². The molecule has 3 aromatic rings. The average Bonchev–Trinajstić information content (AvgIpc) is 2.49. The van der Waals surface area contributed by atoms with Gasteiger partial charge in [-0.05, 0) is 30.3 Å². The van der Waals surface area contributed by atoms with Crippen LogP contribution in [0.2, 0.25) is 10.0 Å². The summed E-state index contributed by atoms with van der Waals surface area (Å²) in [4.78, 5) is 7.15. The number of nitrogens with one attached hydrogen (secondary N) is 1. The lowest BCUT2D eigenvalue weighted by molar-refractivity contribution is -0.144. The van der Waals surface area contributed by atoms with E-state index in [-0.39, 0.29) is 16.4 Å². The number of hydrogen-bond donors (Lipinski definition) is 1. The lowest BCUT2D eigenvalue weighted by Gasteiger charge is -2.13. The first-order chi connectivity index (χ1) is 10.8. The smallest absolute Gasteiger partial charge is 0.338 e. The second-order valence-electron chi connectivity index (χ2n) is 4.66. The maximum Gasteiger partial charge on any atom is 0.451 e. The van der Waals surface area contributed by atoms with Gasteiger partial charge in [0.25, 0.3) is 0 Å². The summed E-state index contributed by atoms with van der Waals surface area (Å²) in [7, 11) is 0. The van der Waals surface area contributed by atoms with Gasteiger partial charge in [-0.25, -0.2) is 9.97 Å². The Morgan fingerprint density at radius 1 is 0.957 bits per heavy atom. The summed E-state index contributed by atoms with van der Waals surface area (Å²) in [6, 6.07) is 11.0. The number of nitrogens with zero attached hydrogens (tertiary/aromatic N) is 2. The Hall–Kier alpha value is -2.05. The van der Waals surface area contributed by atoms with Gasteiger partial charge >= 0.3 is 6.18 Å². The molecule has 0 radical (unpaired) electrons. The van der Waals surface area contributed by atoms with Gasteiger partial charge in [-0.2, -0.15) is 13.2 Å². The van der Waals surface area contributed by atoms with Crippen LogP contribution in [0.1, 0.15) is 5.82 Å². The zero-order valence-corrected chi connectivity index (χ0v) is 12.8. The molecule has 3 nitrogen and oxygen atoms in total. The summed E-state index contributed by atoms with van der Waals surface area (Å²) in [6.45, 7) is 0. The van der Waals surface area contributed by atoms with Crippen LogP contribution in [0, 0.1) is 0 Å². The highest BCUT2D eigenvalue weighted by Gasteiger charge is 2.35. The molecule has 0 bridgehead atoms. The highest BCUT2D eigenvalue weighted by molar-refractivity contribution is 6.36. The van der Waals surface area contributed by atoms with Gasteiger partial charge in [0.2, 0.25) is 5.82 Å². The van der Waals surface area contributed by atoms with Gasteiger partial charge in [0, 0.05) is 10.4 Å². The van der Waals surface area contributed by atoms with Gasteiger partial charge in [0.05, 0.1) is 16.2 Å². The van der Waals surface area contributed by atoms with Crippen LogP contribution < -0.4 is 5.32 Å². The number of fused-ring (bicyclic) bond motifs is 1. The van der Waals surface area contributed by atoms with Crippen molar-refractivity contribution in [2.24, 2.45) is 0 Å². The predicted octanol–water partition coefficient (Wildman–Crippen LogP) is 5.70. The van der Waals surface area contributed by atoms with E-state index in [1.807, 2.05) is 0 Å². The third-order valence-corrected chi connectivity index (χ3v) is 3.59. The molecular weight excluding hydrogens is 350 g/mol. The van der Waals surface area contributed by atoms with Crippen LogP contribution in [-0.2, 0) is 6.18 Å². The first-order valence-electron chi connectivity index (χ1n) is 6.40. The van der Waals surface area contributed by atoms with E-state index in [0.717, 1.165) is 0 Å². The Kier molecular flexibility index (Phi) is 4.04. The number of benzene rings is 2. The Balaban J connectivity index is 2.15. The fraction of sp³-hybridized carbons (Fsp3) is 0.0667. The number of hydrogen-bond acceptors (Lipinski definition) is 3. The predicted molar refractivity (Wildman–Crippen MR) is 84.3 cm³/mol. The van der Waals surface area contributed by atoms with Crippen molar-refractivity contribution in [1.29, 1.82) is 0 Å². The molecule has 3 rings (SSSR count). The zero-order valence-electron chi connectivity index (χ0n) is 11.3. The third-order valence-electron chi connectivity index (χ3n) is 3.04. The summed E-state index contributed by atoms with van der Waals surface area (Å²) in [6.07, 6.45) is -4.65. The van der Waals surface area contributed by atoms with Crippen molar-refractivity contribution in [2.45, 2.75) is 6.18 Å². The Morgan fingerprint density at radius 2 is 1.70 bits per heavy atom. The van der Waals surface area contributed by atoms with E-state index in [1.54, 1.807) is 30.3 Å². The molecule has 0 amide bonds. The SMILES string of the molecule is FC(F)(F)c1nc(Nc2ccc(Cl)cc2Cl)c2ccccc2n1. The maximum atomic E-state index is 13.0. The van der Waals surface area contributed by atoms with Crippen molar-refractivity contribution in [1.82, 2.24) is 9.97 Å². The average molecular weight is 358 g/mol. The van der Waals surface area contributed by atoms with Gasteiger partial charge in [-0.3, -0.25) is 0 Å². The monoisotopic (exact) mass is 357 g/mol. The van der Waals surface area contributed by atoms with Crippen molar-refractivity contribution >= 4 is 45.6 Å². The van der Waals surface area contributed by atoms with E-state index in [0.29, 0.717) is 16.1 Å². The van der Waals surface area contributed by atoms with Gasteiger partial charge in [0.1, 0.15) is 5.82 Å². The topological polar surface area (TPSA) is 37.8 Å². The summed E-state index contributed by atoms with van der Waals surface area (Å²) in [5.41, 5.74) is 0.579. The lowest BCUT2D eigenvalue weighted by atomic mass is 10.2. The standard InChI is InChI=1S/C15H8Cl2F3N3/c16-8-5-6-12(10(17)7-8)21-13-9-3-1-2-4-11(9)22-14(23-13)15(18,19)20/h1-7H,(H,21,22,23). The molecule has 1 heterocycles. The molecule has 1 N–H and O–H groups in total. The largest absolute Gasteiger partial charge is 0.451 e. The van der Waals surface area contributed by atoms with Crippen LogP contribution in [0.5, 0.6) is 0 Å². The second kappa shape index (κ2) is 5.86. The minimum atomic E-state index is -4.65. The Labute approximate surface area is 139 Å². The van der Waals surface area contributed by atoms with E-state index >= 15 is 0 Å². The molecular formula is C15H8Cl2F3N3. The number of halogens is 5. The first-order valence-corrected chi connectivity index (χ1v) is 7.16. The van der Waals surface area contributed by atoms with Crippen molar-refractivity contribution in [3.8, 4) is 0 Å². The molecule has 0 aliphatic heterocycles.